The maximum absolute atomic E-state index is 12.7. The van der Waals surface area contributed by atoms with Gasteiger partial charge in [0.25, 0.3) is 0 Å². The molecule has 1 saturated heterocycles. The number of hydrogen-bond donors (Lipinski definition) is 0. The summed E-state index contributed by atoms with van der Waals surface area (Å²) in [6.45, 7) is 6.40. The Balaban J connectivity index is 1.39. The maximum atomic E-state index is 12.7. The van der Waals surface area contributed by atoms with Gasteiger partial charge in [0.1, 0.15) is 0 Å². The topological polar surface area (TPSA) is 26.8 Å². The first-order valence-electron chi connectivity index (χ1n) is 11.9. The van der Waals surface area contributed by atoms with Gasteiger partial charge >= 0.3 is 0 Å². The number of amides is 1. The van der Waals surface area contributed by atoms with Crippen molar-refractivity contribution in [3.8, 4) is 0 Å². The number of nitrogens with zero attached hydrogens (tertiary/aromatic N) is 3. The van der Waals surface area contributed by atoms with Crippen molar-refractivity contribution < 1.29 is 4.79 Å². The van der Waals surface area contributed by atoms with Crippen LogP contribution in [-0.4, -0.2) is 73.5 Å². The van der Waals surface area contributed by atoms with Crippen molar-refractivity contribution in [3.05, 3.63) is 41.5 Å². The number of piperidine rings is 1. The van der Waals surface area contributed by atoms with Crippen LogP contribution in [0.25, 0.3) is 5.57 Å². The van der Waals surface area contributed by atoms with E-state index in [4.69, 9.17) is 0 Å². The summed E-state index contributed by atoms with van der Waals surface area (Å²) < 4.78 is 0. The number of likely N-dealkylation sites (N-methyl/N-ethyl adjacent to an activating group) is 1. The normalized spacial score (nSPS) is 18.4. The van der Waals surface area contributed by atoms with Crippen LogP contribution in [0.3, 0.4) is 0 Å². The molecule has 1 heterocycles. The van der Waals surface area contributed by atoms with Crippen LogP contribution in [0.4, 0.5) is 0 Å². The van der Waals surface area contributed by atoms with Crippen molar-refractivity contribution in [1.29, 1.82) is 0 Å². The van der Waals surface area contributed by atoms with Crippen molar-refractivity contribution in [2.45, 2.75) is 63.8 Å². The number of carbonyl (C=O) groups is 1. The minimum Gasteiger partial charge on any atom is -0.344 e. The second-order valence-corrected chi connectivity index (χ2v) is 9.47. The molecule has 0 aromatic heterocycles. The van der Waals surface area contributed by atoms with Crippen LogP contribution in [0.15, 0.2) is 30.3 Å². The molecule has 1 fully saturated rings. The standard InChI is InChI=1S/C26H41N3O/c1-5-6-15-26(27(2)3)16-18-29(19-17-26)21-20-28(4)25(30)14-13-23-12-11-22-9-7-8-10-24(22)23/h7-10,12H,5-6,11,13-21H2,1-4H3. The summed E-state index contributed by atoms with van der Waals surface area (Å²) in [5.41, 5.74) is 4.45. The summed E-state index contributed by atoms with van der Waals surface area (Å²) in [5.74, 6) is 0.267. The van der Waals surface area contributed by atoms with Crippen molar-refractivity contribution in [2.24, 2.45) is 0 Å². The molecule has 2 aliphatic rings. The van der Waals surface area contributed by atoms with E-state index in [1.165, 1.54) is 48.8 Å². The Morgan fingerprint density at radius 2 is 1.87 bits per heavy atom. The average molecular weight is 412 g/mol. The Morgan fingerprint density at radius 3 is 2.57 bits per heavy atom. The number of unbranched alkanes of at least 4 members (excludes halogenated alkanes) is 1. The Hall–Kier alpha value is -1.65. The molecule has 1 aromatic rings. The van der Waals surface area contributed by atoms with Gasteiger partial charge in [0.05, 0.1) is 0 Å². The second-order valence-electron chi connectivity index (χ2n) is 9.47. The molecule has 0 N–H and O–H groups in total. The van der Waals surface area contributed by atoms with Crippen molar-refractivity contribution in [3.63, 3.8) is 0 Å². The lowest BCUT2D eigenvalue weighted by Crippen LogP contribution is -2.53. The van der Waals surface area contributed by atoms with Gasteiger partial charge in [-0.15, -0.1) is 0 Å². The van der Waals surface area contributed by atoms with Crippen LogP contribution in [0.2, 0.25) is 0 Å². The summed E-state index contributed by atoms with van der Waals surface area (Å²) >= 11 is 0. The average Bonchev–Trinajstić information content (AvgIpc) is 3.18. The lowest BCUT2D eigenvalue weighted by Gasteiger charge is -2.46. The molecule has 0 spiro atoms. The predicted octanol–water partition coefficient (Wildman–Crippen LogP) is 4.45. The SMILES string of the molecule is CCCCC1(N(C)C)CCN(CCN(C)C(=O)CCC2=CCc3ccccc32)CC1. The van der Waals surface area contributed by atoms with Crippen molar-refractivity contribution in [1.82, 2.24) is 14.7 Å². The van der Waals surface area contributed by atoms with Crippen LogP contribution in [0.1, 0.15) is 63.0 Å². The van der Waals surface area contributed by atoms with E-state index >= 15 is 0 Å². The summed E-state index contributed by atoms with van der Waals surface area (Å²) in [4.78, 5) is 19.6. The van der Waals surface area contributed by atoms with Crippen molar-refractivity contribution >= 4 is 11.5 Å². The molecule has 166 valence electrons. The number of carbonyl (C=O) groups excluding carboxylic acids is 1. The molecular formula is C26H41N3O. The van der Waals surface area contributed by atoms with Crippen LogP contribution in [0.5, 0.6) is 0 Å². The minimum absolute atomic E-state index is 0.267. The van der Waals surface area contributed by atoms with Crippen LogP contribution in [0, 0.1) is 0 Å². The summed E-state index contributed by atoms with van der Waals surface area (Å²) in [7, 11) is 6.46. The molecule has 3 rings (SSSR count). The monoisotopic (exact) mass is 411 g/mol. The number of likely N-dealkylation sites (tertiary alicyclic amines) is 1. The molecule has 4 nitrogen and oxygen atoms in total. The van der Waals surface area contributed by atoms with Gasteiger partial charge in [-0.1, -0.05) is 50.1 Å². The fourth-order valence-electron chi connectivity index (χ4n) is 5.06. The third-order valence-electron chi connectivity index (χ3n) is 7.45. The van der Waals surface area contributed by atoms with E-state index in [0.29, 0.717) is 12.0 Å². The largest absolute Gasteiger partial charge is 0.344 e. The molecule has 0 atom stereocenters. The Morgan fingerprint density at radius 1 is 1.13 bits per heavy atom. The number of fused-ring (bicyclic) bond motifs is 1. The molecule has 0 radical (unpaired) electrons. The van der Waals surface area contributed by atoms with Crippen LogP contribution < -0.4 is 0 Å². The lowest BCUT2D eigenvalue weighted by molar-refractivity contribution is -0.130. The fourth-order valence-corrected chi connectivity index (χ4v) is 5.06. The zero-order chi connectivity index (χ0) is 21.6. The van der Waals surface area contributed by atoms with E-state index in [1.807, 2.05) is 11.9 Å². The number of rotatable bonds is 10. The second kappa shape index (κ2) is 10.6. The third-order valence-corrected chi connectivity index (χ3v) is 7.45. The molecule has 1 aliphatic carbocycles. The molecular weight excluding hydrogens is 370 g/mol. The summed E-state index contributed by atoms with van der Waals surface area (Å²) in [6.07, 6.45) is 11.1. The van der Waals surface area contributed by atoms with Gasteiger partial charge in [-0.2, -0.15) is 0 Å². The van der Waals surface area contributed by atoms with Gasteiger partial charge < -0.3 is 14.7 Å². The van der Waals surface area contributed by atoms with Gasteiger partial charge in [0, 0.05) is 32.1 Å². The Labute approximate surface area is 183 Å². The zero-order valence-electron chi connectivity index (χ0n) is 19.6. The van der Waals surface area contributed by atoms with Gasteiger partial charge in [0.15, 0.2) is 0 Å². The highest BCUT2D eigenvalue weighted by Gasteiger charge is 2.35. The van der Waals surface area contributed by atoms with E-state index in [-0.39, 0.29) is 5.91 Å². The number of benzene rings is 1. The molecule has 1 amide bonds. The number of allylic oxidation sites excluding steroid dienone is 2. The van der Waals surface area contributed by atoms with E-state index in [9.17, 15) is 4.79 Å². The van der Waals surface area contributed by atoms with Gasteiger partial charge in [-0.25, -0.2) is 0 Å². The molecule has 1 aliphatic heterocycles. The fraction of sp³-hybridized carbons (Fsp3) is 0.654. The highest BCUT2D eigenvalue weighted by molar-refractivity contribution is 5.80. The number of hydrogen-bond acceptors (Lipinski definition) is 3. The minimum atomic E-state index is 0.267. The first-order valence-corrected chi connectivity index (χ1v) is 11.9. The van der Waals surface area contributed by atoms with E-state index in [0.717, 1.165) is 39.0 Å². The van der Waals surface area contributed by atoms with E-state index in [2.05, 4.69) is 61.2 Å². The van der Waals surface area contributed by atoms with Gasteiger partial charge in [-0.3, -0.25) is 4.79 Å². The predicted molar refractivity (Wildman–Crippen MR) is 127 cm³/mol. The van der Waals surface area contributed by atoms with E-state index < -0.39 is 0 Å². The lowest BCUT2D eigenvalue weighted by atomic mass is 9.82. The van der Waals surface area contributed by atoms with Crippen LogP contribution >= 0.6 is 0 Å². The smallest absolute Gasteiger partial charge is 0.222 e. The van der Waals surface area contributed by atoms with Gasteiger partial charge in [0.2, 0.25) is 5.91 Å². The first-order chi connectivity index (χ1) is 14.4. The highest BCUT2D eigenvalue weighted by atomic mass is 16.2. The van der Waals surface area contributed by atoms with Crippen LogP contribution in [-0.2, 0) is 11.2 Å². The molecule has 1 aromatic carbocycles. The van der Waals surface area contributed by atoms with Crippen molar-refractivity contribution in [2.75, 3.05) is 47.3 Å². The highest BCUT2D eigenvalue weighted by Crippen LogP contribution is 2.32. The Kier molecular flexibility index (Phi) is 8.13. The zero-order valence-corrected chi connectivity index (χ0v) is 19.6. The molecule has 0 bridgehead atoms. The Bertz CT molecular complexity index is 732. The molecule has 0 saturated carbocycles. The maximum Gasteiger partial charge on any atom is 0.222 e. The molecule has 0 unspecified atom stereocenters. The third kappa shape index (κ3) is 5.53. The quantitative estimate of drug-likeness (QED) is 0.569. The summed E-state index contributed by atoms with van der Waals surface area (Å²) in [5, 5.41) is 0. The molecule has 4 heteroatoms. The molecule has 30 heavy (non-hydrogen) atoms. The van der Waals surface area contributed by atoms with Gasteiger partial charge in [-0.05, 0) is 76.0 Å². The summed E-state index contributed by atoms with van der Waals surface area (Å²) in [6, 6.07) is 8.57. The van der Waals surface area contributed by atoms with E-state index in [1.54, 1.807) is 0 Å². The first kappa shape index (κ1) is 23.0.